The highest BCUT2D eigenvalue weighted by atomic mass is 32.2. The number of nitrogens with zero attached hydrogens (tertiary/aromatic N) is 1. The minimum atomic E-state index is -4.00. The number of hydrogen-bond donors (Lipinski definition) is 1. The van der Waals surface area contributed by atoms with E-state index in [0.717, 1.165) is 19.3 Å². The summed E-state index contributed by atoms with van der Waals surface area (Å²) < 4.78 is 25.5. The Balaban J connectivity index is 1.72. The Hall–Kier alpha value is -2.59. The molecule has 0 bridgehead atoms. The second-order valence-electron chi connectivity index (χ2n) is 6.35. The number of fused-ring (bicyclic) bond motifs is 1. The molecule has 6 nitrogen and oxygen atoms in total. The highest BCUT2D eigenvalue weighted by Crippen LogP contribution is 2.30. The minimum Gasteiger partial charge on any atom is -0.352 e. The fourth-order valence-electron chi connectivity index (χ4n) is 3.23. The number of benzene rings is 1. The van der Waals surface area contributed by atoms with E-state index in [2.05, 4.69) is 17.3 Å². The summed E-state index contributed by atoms with van der Waals surface area (Å²) in [4.78, 5) is 24.3. The second-order valence-corrected chi connectivity index (χ2v) is 8.18. The van der Waals surface area contributed by atoms with E-state index in [4.69, 9.17) is 6.42 Å². The summed E-state index contributed by atoms with van der Waals surface area (Å²) in [5.41, 5.74) is 1.60. The van der Waals surface area contributed by atoms with E-state index < -0.39 is 15.9 Å². The maximum absolute atomic E-state index is 12.5. The van der Waals surface area contributed by atoms with Gasteiger partial charge in [0.05, 0.1) is 12.1 Å². The van der Waals surface area contributed by atoms with E-state index in [0.29, 0.717) is 10.8 Å². The van der Waals surface area contributed by atoms with Gasteiger partial charge >= 0.3 is 0 Å². The lowest BCUT2D eigenvalue weighted by atomic mass is 9.97. The Kier molecular flexibility index (Phi) is 5.14. The number of terminal acetylenes is 1. The molecule has 0 saturated carbocycles. The van der Waals surface area contributed by atoms with Gasteiger partial charge in [-0.05, 0) is 50.3 Å². The standard InChI is InChI=1S/C19H20N2O4S/c1-2-12-21-19(23)16-9-8-15(13-17(16)26(21,24)25)18(22)20-11-10-14-6-4-3-5-7-14/h1,6,8-9,13H,3-5,7,10-12H2,(H,20,22). The molecule has 0 radical (unpaired) electrons. The van der Waals surface area contributed by atoms with Gasteiger partial charge in [0, 0.05) is 12.1 Å². The van der Waals surface area contributed by atoms with E-state index in [-0.39, 0.29) is 28.5 Å². The van der Waals surface area contributed by atoms with Crippen molar-refractivity contribution in [1.29, 1.82) is 0 Å². The third-order valence-corrected chi connectivity index (χ3v) is 6.39. The van der Waals surface area contributed by atoms with Gasteiger partial charge in [0.25, 0.3) is 21.8 Å². The molecule has 0 fully saturated rings. The molecule has 0 spiro atoms. The maximum Gasteiger partial charge on any atom is 0.269 e. The van der Waals surface area contributed by atoms with Crippen LogP contribution in [0.5, 0.6) is 0 Å². The molecule has 136 valence electrons. The largest absolute Gasteiger partial charge is 0.352 e. The van der Waals surface area contributed by atoms with Gasteiger partial charge in [-0.2, -0.15) is 0 Å². The third-order valence-electron chi connectivity index (χ3n) is 4.62. The summed E-state index contributed by atoms with van der Waals surface area (Å²) in [6, 6.07) is 4.07. The van der Waals surface area contributed by atoms with Gasteiger partial charge in [-0.25, -0.2) is 12.7 Å². The zero-order chi connectivity index (χ0) is 18.7. The molecule has 26 heavy (non-hydrogen) atoms. The van der Waals surface area contributed by atoms with Crippen LogP contribution in [-0.2, 0) is 10.0 Å². The lowest BCUT2D eigenvalue weighted by molar-refractivity contribution is 0.0880. The van der Waals surface area contributed by atoms with Crippen molar-refractivity contribution in [2.45, 2.75) is 37.0 Å². The molecule has 1 aliphatic carbocycles. The van der Waals surface area contributed by atoms with E-state index in [1.54, 1.807) is 0 Å². The number of rotatable bonds is 5. The van der Waals surface area contributed by atoms with E-state index >= 15 is 0 Å². The van der Waals surface area contributed by atoms with Gasteiger partial charge in [-0.15, -0.1) is 6.42 Å². The number of nitrogens with one attached hydrogen (secondary N) is 1. The highest BCUT2D eigenvalue weighted by Gasteiger charge is 2.41. The molecule has 7 heteroatoms. The Bertz CT molecular complexity index is 925. The molecule has 1 N–H and O–H groups in total. The minimum absolute atomic E-state index is 0.0455. The van der Waals surface area contributed by atoms with E-state index in [1.807, 2.05) is 0 Å². The van der Waals surface area contributed by atoms with Gasteiger partial charge in [-0.1, -0.05) is 17.6 Å². The SMILES string of the molecule is C#CCN1C(=O)c2ccc(C(=O)NCCC3=CCCCC3)cc2S1(=O)=O. The maximum atomic E-state index is 12.5. The first-order chi connectivity index (χ1) is 12.4. The van der Waals surface area contributed by atoms with Crippen molar-refractivity contribution in [3.8, 4) is 12.3 Å². The molecular formula is C19H20N2O4S. The summed E-state index contributed by atoms with van der Waals surface area (Å²) >= 11 is 0. The predicted octanol–water partition coefficient (Wildman–Crippen LogP) is 2.08. The molecule has 0 saturated heterocycles. The molecule has 0 atom stereocenters. The first-order valence-electron chi connectivity index (χ1n) is 8.56. The zero-order valence-electron chi connectivity index (χ0n) is 14.3. The first-order valence-corrected chi connectivity index (χ1v) is 10.00. The van der Waals surface area contributed by atoms with Crippen molar-refractivity contribution in [3.63, 3.8) is 0 Å². The van der Waals surface area contributed by atoms with Crippen molar-refractivity contribution in [3.05, 3.63) is 41.0 Å². The van der Waals surface area contributed by atoms with Crippen LogP contribution >= 0.6 is 0 Å². The van der Waals surface area contributed by atoms with Crippen LogP contribution in [0.2, 0.25) is 0 Å². The van der Waals surface area contributed by atoms with Crippen LogP contribution in [0.25, 0.3) is 0 Å². The van der Waals surface area contributed by atoms with Crippen molar-refractivity contribution in [1.82, 2.24) is 9.62 Å². The molecule has 2 aliphatic rings. The highest BCUT2D eigenvalue weighted by molar-refractivity contribution is 7.90. The zero-order valence-corrected chi connectivity index (χ0v) is 15.1. The van der Waals surface area contributed by atoms with Crippen LogP contribution in [0.15, 0.2) is 34.7 Å². The molecule has 3 rings (SSSR count). The first kappa shape index (κ1) is 18.2. The summed E-state index contributed by atoms with van der Waals surface area (Å²) in [6.07, 6.45) is 12.7. The Labute approximate surface area is 153 Å². The smallest absolute Gasteiger partial charge is 0.269 e. The van der Waals surface area contributed by atoms with Crippen LogP contribution in [0.4, 0.5) is 0 Å². The van der Waals surface area contributed by atoms with E-state index in [9.17, 15) is 18.0 Å². The predicted molar refractivity (Wildman–Crippen MR) is 97.0 cm³/mol. The lowest BCUT2D eigenvalue weighted by Crippen LogP contribution is -2.30. The van der Waals surface area contributed by atoms with Gasteiger partial charge in [-0.3, -0.25) is 9.59 Å². The van der Waals surface area contributed by atoms with E-state index in [1.165, 1.54) is 36.6 Å². The monoisotopic (exact) mass is 372 g/mol. The number of allylic oxidation sites excluding steroid dienone is 1. The number of sulfonamides is 1. The molecule has 0 aromatic heterocycles. The second kappa shape index (κ2) is 7.34. The summed E-state index contributed by atoms with van der Waals surface area (Å²) in [7, 11) is -4.00. The fourth-order valence-corrected chi connectivity index (χ4v) is 4.73. The molecule has 1 aliphatic heterocycles. The molecular weight excluding hydrogens is 352 g/mol. The fraction of sp³-hybridized carbons (Fsp3) is 0.368. The van der Waals surface area contributed by atoms with Crippen LogP contribution in [0.3, 0.4) is 0 Å². The quantitative estimate of drug-likeness (QED) is 0.634. The van der Waals surface area contributed by atoms with Gasteiger partial charge in [0.2, 0.25) is 0 Å². The van der Waals surface area contributed by atoms with Crippen LogP contribution in [0, 0.1) is 12.3 Å². The summed E-state index contributed by atoms with van der Waals surface area (Å²) in [5.74, 6) is 1.15. The summed E-state index contributed by atoms with van der Waals surface area (Å²) in [5, 5.41) is 2.81. The topological polar surface area (TPSA) is 83.6 Å². The van der Waals surface area contributed by atoms with Crippen molar-refractivity contribution in [2.75, 3.05) is 13.1 Å². The average Bonchev–Trinajstić information content (AvgIpc) is 2.83. The lowest BCUT2D eigenvalue weighted by Gasteiger charge is -2.13. The van der Waals surface area contributed by atoms with Crippen molar-refractivity contribution < 1.29 is 18.0 Å². The number of carbonyl (C=O) groups excluding carboxylic acids is 2. The number of hydrogen-bond acceptors (Lipinski definition) is 4. The molecule has 0 unspecified atom stereocenters. The average molecular weight is 372 g/mol. The van der Waals surface area contributed by atoms with Crippen molar-refractivity contribution in [2.24, 2.45) is 0 Å². The van der Waals surface area contributed by atoms with Crippen LogP contribution in [-0.4, -0.2) is 37.6 Å². The summed E-state index contributed by atoms with van der Waals surface area (Å²) in [6.45, 7) is 0.170. The van der Waals surface area contributed by atoms with Crippen LogP contribution in [0.1, 0.15) is 52.8 Å². The Morgan fingerprint density at radius 2 is 2.12 bits per heavy atom. The van der Waals surface area contributed by atoms with Gasteiger partial charge < -0.3 is 5.32 Å². The molecule has 2 amide bonds. The Morgan fingerprint density at radius 1 is 1.31 bits per heavy atom. The van der Waals surface area contributed by atoms with Crippen molar-refractivity contribution >= 4 is 21.8 Å². The van der Waals surface area contributed by atoms with Gasteiger partial charge in [0.1, 0.15) is 4.90 Å². The molecule has 1 heterocycles. The third kappa shape index (κ3) is 3.37. The Morgan fingerprint density at radius 3 is 2.81 bits per heavy atom. The van der Waals surface area contributed by atoms with Crippen LogP contribution < -0.4 is 5.32 Å². The number of amides is 2. The normalized spacial score (nSPS) is 18.0. The molecule has 1 aromatic rings. The number of carbonyl (C=O) groups is 2. The van der Waals surface area contributed by atoms with Gasteiger partial charge in [0.15, 0.2) is 0 Å². The molecule has 1 aromatic carbocycles.